The highest BCUT2D eigenvalue weighted by Gasteiger charge is 2.35. The molecule has 2 aromatic rings. The van der Waals surface area contributed by atoms with Crippen molar-refractivity contribution in [3.8, 4) is 0 Å². The highest BCUT2D eigenvalue weighted by atomic mass is 16.5. The van der Waals surface area contributed by atoms with Crippen LogP contribution in [0.3, 0.4) is 0 Å². The van der Waals surface area contributed by atoms with Gasteiger partial charge >= 0.3 is 12.0 Å². The average molecular weight is 391 g/mol. The molecule has 0 saturated heterocycles. The van der Waals surface area contributed by atoms with E-state index in [1.165, 1.54) is 5.56 Å². The standard InChI is InChI=1S/C23H25N3O3/c1-3-29-22(27)20-18(14-26-13-12-16-6-4-5-7-19(16)26)24-23(28)25-21(20)17-10-8-15(2)9-11-17/h4-11,21H,3,12-14H2,1-2H3,(H2,24,25,28)/t21-/m0/s1. The topological polar surface area (TPSA) is 70.7 Å². The van der Waals surface area contributed by atoms with Gasteiger partial charge < -0.3 is 20.3 Å². The molecule has 0 aromatic heterocycles. The van der Waals surface area contributed by atoms with E-state index in [9.17, 15) is 9.59 Å². The summed E-state index contributed by atoms with van der Waals surface area (Å²) in [5.41, 5.74) is 5.44. The van der Waals surface area contributed by atoms with Gasteiger partial charge in [0.25, 0.3) is 0 Å². The number of esters is 1. The number of aryl methyl sites for hydroxylation is 1. The smallest absolute Gasteiger partial charge is 0.338 e. The van der Waals surface area contributed by atoms with Gasteiger partial charge in [0.15, 0.2) is 0 Å². The number of carbonyl (C=O) groups excluding carboxylic acids is 2. The van der Waals surface area contributed by atoms with Gasteiger partial charge in [-0.15, -0.1) is 0 Å². The van der Waals surface area contributed by atoms with Gasteiger partial charge in [-0.25, -0.2) is 9.59 Å². The van der Waals surface area contributed by atoms with Gasteiger partial charge in [-0.1, -0.05) is 48.0 Å². The van der Waals surface area contributed by atoms with Gasteiger partial charge in [0.1, 0.15) is 0 Å². The Morgan fingerprint density at radius 1 is 1.17 bits per heavy atom. The molecule has 1 atom stereocenters. The molecule has 0 unspecified atom stereocenters. The maximum Gasteiger partial charge on any atom is 0.338 e. The van der Waals surface area contributed by atoms with Crippen LogP contribution in [0.1, 0.15) is 29.7 Å². The predicted octanol–water partition coefficient (Wildman–Crippen LogP) is 3.23. The summed E-state index contributed by atoms with van der Waals surface area (Å²) in [6.07, 6.45) is 0.950. The van der Waals surface area contributed by atoms with E-state index in [1.807, 2.05) is 43.3 Å². The molecule has 29 heavy (non-hydrogen) atoms. The molecule has 4 rings (SSSR count). The summed E-state index contributed by atoms with van der Waals surface area (Å²) >= 11 is 0. The largest absolute Gasteiger partial charge is 0.463 e. The van der Waals surface area contributed by atoms with Gasteiger partial charge in [-0.05, 0) is 37.5 Å². The van der Waals surface area contributed by atoms with E-state index < -0.39 is 12.0 Å². The Labute approximate surface area is 170 Å². The quantitative estimate of drug-likeness (QED) is 0.768. The molecule has 0 fully saturated rings. The van der Waals surface area contributed by atoms with Crippen LogP contribution < -0.4 is 15.5 Å². The number of hydrogen-bond donors (Lipinski definition) is 2. The van der Waals surface area contributed by atoms with Crippen LogP contribution >= 0.6 is 0 Å². The summed E-state index contributed by atoms with van der Waals surface area (Å²) in [7, 11) is 0. The van der Waals surface area contributed by atoms with Crippen molar-refractivity contribution in [3.63, 3.8) is 0 Å². The molecule has 6 heteroatoms. The summed E-state index contributed by atoms with van der Waals surface area (Å²) in [5, 5.41) is 5.75. The first-order valence-corrected chi connectivity index (χ1v) is 9.94. The first kappa shape index (κ1) is 19.1. The molecule has 2 amide bonds. The van der Waals surface area contributed by atoms with Gasteiger partial charge in [-0.2, -0.15) is 0 Å². The van der Waals surface area contributed by atoms with E-state index in [0.717, 1.165) is 29.8 Å². The lowest BCUT2D eigenvalue weighted by Crippen LogP contribution is -2.48. The normalized spacial score (nSPS) is 18.2. The minimum atomic E-state index is -0.545. The highest BCUT2D eigenvalue weighted by molar-refractivity contribution is 5.95. The lowest BCUT2D eigenvalue weighted by Gasteiger charge is -2.31. The first-order valence-electron chi connectivity index (χ1n) is 9.94. The number of hydrogen-bond acceptors (Lipinski definition) is 4. The van der Waals surface area contributed by atoms with E-state index in [1.54, 1.807) is 6.92 Å². The third-order valence-corrected chi connectivity index (χ3v) is 5.39. The minimum Gasteiger partial charge on any atom is -0.463 e. The third kappa shape index (κ3) is 3.83. The van der Waals surface area contributed by atoms with Crippen LogP contribution in [0.4, 0.5) is 10.5 Å². The summed E-state index contributed by atoms with van der Waals surface area (Å²) < 4.78 is 5.35. The van der Waals surface area contributed by atoms with Crippen LogP contribution in [0, 0.1) is 6.92 Å². The Morgan fingerprint density at radius 2 is 1.93 bits per heavy atom. The molecule has 2 heterocycles. The fourth-order valence-electron chi connectivity index (χ4n) is 3.96. The molecule has 0 bridgehead atoms. The number of fused-ring (bicyclic) bond motifs is 1. The van der Waals surface area contributed by atoms with Crippen LogP contribution in [0.5, 0.6) is 0 Å². The molecule has 0 spiro atoms. The zero-order chi connectivity index (χ0) is 20.4. The maximum absolute atomic E-state index is 12.9. The lowest BCUT2D eigenvalue weighted by atomic mass is 9.94. The number of ether oxygens (including phenoxy) is 1. The molecule has 150 valence electrons. The number of benzene rings is 2. The molecule has 0 radical (unpaired) electrons. The van der Waals surface area contributed by atoms with Crippen molar-refractivity contribution in [2.75, 3.05) is 24.6 Å². The molecule has 2 N–H and O–H groups in total. The predicted molar refractivity (Wildman–Crippen MR) is 112 cm³/mol. The Hall–Kier alpha value is -3.28. The van der Waals surface area contributed by atoms with Crippen LogP contribution in [-0.2, 0) is 16.0 Å². The number of nitrogens with one attached hydrogen (secondary N) is 2. The fourth-order valence-corrected chi connectivity index (χ4v) is 3.96. The zero-order valence-corrected chi connectivity index (χ0v) is 16.7. The number of para-hydroxylation sites is 1. The van der Waals surface area contributed by atoms with Crippen LogP contribution in [0.15, 0.2) is 59.8 Å². The van der Waals surface area contributed by atoms with Crippen LogP contribution in [-0.4, -0.2) is 31.7 Å². The second kappa shape index (κ2) is 7.99. The van der Waals surface area contributed by atoms with E-state index in [0.29, 0.717) is 17.8 Å². The Balaban J connectivity index is 1.73. The number of nitrogens with zero attached hydrogens (tertiary/aromatic N) is 1. The summed E-state index contributed by atoms with van der Waals surface area (Å²) in [5.74, 6) is -0.409. The summed E-state index contributed by atoms with van der Waals surface area (Å²) in [4.78, 5) is 27.5. The van der Waals surface area contributed by atoms with Crippen LogP contribution in [0.25, 0.3) is 0 Å². The Bertz CT molecular complexity index is 966. The van der Waals surface area contributed by atoms with Crippen molar-refractivity contribution in [1.29, 1.82) is 0 Å². The second-order valence-corrected chi connectivity index (χ2v) is 7.36. The van der Waals surface area contributed by atoms with E-state index in [2.05, 4.69) is 27.7 Å². The minimum absolute atomic E-state index is 0.275. The van der Waals surface area contributed by atoms with Crippen molar-refractivity contribution in [1.82, 2.24) is 10.6 Å². The number of rotatable bonds is 5. The van der Waals surface area contributed by atoms with E-state index in [-0.39, 0.29) is 12.6 Å². The van der Waals surface area contributed by atoms with E-state index >= 15 is 0 Å². The van der Waals surface area contributed by atoms with Gasteiger partial charge in [0.2, 0.25) is 0 Å². The number of anilines is 1. The second-order valence-electron chi connectivity index (χ2n) is 7.36. The van der Waals surface area contributed by atoms with Crippen molar-refractivity contribution in [3.05, 3.63) is 76.5 Å². The maximum atomic E-state index is 12.9. The van der Waals surface area contributed by atoms with Crippen molar-refractivity contribution in [2.24, 2.45) is 0 Å². The van der Waals surface area contributed by atoms with Crippen molar-refractivity contribution >= 4 is 17.7 Å². The summed E-state index contributed by atoms with van der Waals surface area (Å²) in [6.45, 7) is 5.35. The Morgan fingerprint density at radius 3 is 2.69 bits per heavy atom. The number of carbonyl (C=O) groups is 2. The number of amides is 2. The van der Waals surface area contributed by atoms with Gasteiger partial charge in [-0.3, -0.25) is 0 Å². The van der Waals surface area contributed by atoms with Crippen molar-refractivity contribution in [2.45, 2.75) is 26.3 Å². The highest BCUT2D eigenvalue weighted by Crippen LogP contribution is 2.32. The first-order chi connectivity index (χ1) is 14.1. The molecule has 0 saturated carbocycles. The summed E-state index contributed by atoms with van der Waals surface area (Å²) in [6, 6.07) is 15.2. The number of urea groups is 1. The molecular weight excluding hydrogens is 366 g/mol. The fraction of sp³-hybridized carbons (Fsp3) is 0.304. The molecule has 2 aliphatic heterocycles. The molecule has 0 aliphatic carbocycles. The van der Waals surface area contributed by atoms with Crippen LogP contribution in [0.2, 0.25) is 0 Å². The van der Waals surface area contributed by atoms with Gasteiger partial charge in [0.05, 0.1) is 30.5 Å². The monoisotopic (exact) mass is 391 g/mol. The lowest BCUT2D eigenvalue weighted by molar-refractivity contribution is -0.139. The van der Waals surface area contributed by atoms with Crippen molar-refractivity contribution < 1.29 is 14.3 Å². The zero-order valence-electron chi connectivity index (χ0n) is 16.7. The van der Waals surface area contributed by atoms with Gasteiger partial charge in [0, 0.05) is 12.2 Å². The Kier molecular flexibility index (Phi) is 5.25. The third-order valence-electron chi connectivity index (χ3n) is 5.39. The average Bonchev–Trinajstić information content (AvgIpc) is 3.11. The molecule has 2 aromatic carbocycles. The van der Waals surface area contributed by atoms with E-state index in [4.69, 9.17) is 4.74 Å². The molecule has 6 nitrogen and oxygen atoms in total. The molecule has 2 aliphatic rings. The molecular formula is C23H25N3O3. The SMILES string of the molecule is CCOC(=O)C1=C(CN2CCc3ccccc32)NC(=O)N[C@H]1c1ccc(C)cc1.